The molecule has 2 aromatic rings. The monoisotopic (exact) mass is 363 g/mol. The van der Waals surface area contributed by atoms with Gasteiger partial charge in [0.15, 0.2) is 0 Å². The highest BCUT2D eigenvalue weighted by molar-refractivity contribution is 6.04. The molecular weight excluding hydrogens is 343 g/mol. The van der Waals surface area contributed by atoms with E-state index in [0.29, 0.717) is 17.2 Å². The molecule has 0 saturated carbocycles. The van der Waals surface area contributed by atoms with Gasteiger partial charge in [-0.05, 0) is 49.1 Å². The van der Waals surface area contributed by atoms with Crippen LogP contribution in [0.1, 0.15) is 35.7 Å². The first-order valence-corrected chi connectivity index (χ1v) is 8.51. The second-order valence-corrected chi connectivity index (χ2v) is 6.63. The molecule has 1 N–H and O–H groups in total. The van der Waals surface area contributed by atoms with Gasteiger partial charge >= 0.3 is 6.18 Å². The van der Waals surface area contributed by atoms with Gasteiger partial charge in [0.1, 0.15) is 0 Å². The smallest absolute Gasteiger partial charge is 0.370 e. The van der Waals surface area contributed by atoms with E-state index in [1.807, 2.05) is 0 Å². The quantitative estimate of drug-likeness (QED) is 0.868. The van der Waals surface area contributed by atoms with Gasteiger partial charge in [-0.25, -0.2) is 0 Å². The fraction of sp³-hybridized carbons (Fsp3) is 0.368. The maximum absolute atomic E-state index is 12.6. The van der Waals surface area contributed by atoms with Gasteiger partial charge in [0.05, 0.1) is 23.0 Å². The van der Waals surface area contributed by atoms with Gasteiger partial charge < -0.3 is 10.2 Å². The summed E-state index contributed by atoms with van der Waals surface area (Å²) < 4.78 is 37.8. The van der Waals surface area contributed by atoms with Crippen molar-refractivity contribution in [1.29, 1.82) is 0 Å². The van der Waals surface area contributed by atoms with Crippen LogP contribution in [0.15, 0.2) is 42.7 Å². The summed E-state index contributed by atoms with van der Waals surface area (Å²) in [5, 5.41) is 2.61. The van der Waals surface area contributed by atoms with E-state index in [1.54, 1.807) is 12.3 Å². The Bertz CT molecular complexity index is 766. The fourth-order valence-electron chi connectivity index (χ4n) is 2.94. The van der Waals surface area contributed by atoms with E-state index in [4.69, 9.17) is 0 Å². The Labute approximate surface area is 150 Å². The lowest BCUT2D eigenvalue weighted by Gasteiger charge is -2.32. The third-order valence-electron chi connectivity index (χ3n) is 4.60. The summed E-state index contributed by atoms with van der Waals surface area (Å²) >= 11 is 0. The van der Waals surface area contributed by atoms with E-state index in [2.05, 4.69) is 22.1 Å². The van der Waals surface area contributed by atoms with Gasteiger partial charge in [0, 0.05) is 25.0 Å². The molecule has 0 aliphatic carbocycles. The van der Waals surface area contributed by atoms with Crippen LogP contribution in [0.2, 0.25) is 0 Å². The number of rotatable bonds is 3. The van der Waals surface area contributed by atoms with Crippen molar-refractivity contribution in [3.63, 3.8) is 0 Å². The van der Waals surface area contributed by atoms with Crippen molar-refractivity contribution in [3.8, 4) is 0 Å². The highest BCUT2D eigenvalue weighted by Gasteiger charge is 2.30. The topological polar surface area (TPSA) is 45.2 Å². The van der Waals surface area contributed by atoms with Crippen LogP contribution in [0.3, 0.4) is 0 Å². The lowest BCUT2D eigenvalue weighted by atomic mass is 9.99. The number of nitrogens with one attached hydrogen (secondary N) is 1. The number of halogens is 3. The number of amides is 1. The Hall–Kier alpha value is -2.57. The highest BCUT2D eigenvalue weighted by atomic mass is 19.4. The Morgan fingerprint density at radius 3 is 2.42 bits per heavy atom. The Balaban J connectivity index is 1.69. The van der Waals surface area contributed by atoms with Gasteiger partial charge in [0.2, 0.25) is 0 Å². The van der Waals surface area contributed by atoms with E-state index < -0.39 is 17.6 Å². The molecule has 0 atom stereocenters. The normalized spacial score (nSPS) is 15.8. The van der Waals surface area contributed by atoms with Crippen molar-refractivity contribution in [2.24, 2.45) is 5.92 Å². The van der Waals surface area contributed by atoms with Crippen molar-refractivity contribution in [2.75, 3.05) is 23.3 Å². The molecule has 1 aliphatic heterocycles. The molecule has 26 heavy (non-hydrogen) atoms. The standard InChI is InChI=1S/C19H20F3N3O/c1-13-6-8-25(9-7-13)17-10-14(11-23-12-17)18(26)24-16-4-2-15(3-5-16)19(20,21)22/h2-5,10-13H,6-9H2,1H3,(H,24,26). The van der Waals surface area contributed by atoms with Crippen LogP contribution >= 0.6 is 0 Å². The summed E-state index contributed by atoms with van der Waals surface area (Å²) in [5.41, 5.74) is 0.816. The zero-order chi connectivity index (χ0) is 18.7. The predicted octanol–water partition coefficient (Wildman–Crippen LogP) is 4.59. The molecule has 138 valence electrons. The molecule has 0 spiro atoms. The number of carbonyl (C=O) groups excluding carboxylic acids is 1. The zero-order valence-electron chi connectivity index (χ0n) is 14.4. The minimum atomic E-state index is -4.40. The van der Waals surface area contributed by atoms with Gasteiger partial charge in [0.25, 0.3) is 5.91 Å². The van der Waals surface area contributed by atoms with Crippen molar-refractivity contribution < 1.29 is 18.0 Å². The van der Waals surface area contributed by atoms with Gasteiger partial charge in [-0.15, -0.1) is 0 Å². The average molecular weight is 363 g/mol. The lowest BCUT2D eigenvalue weighted by molar-refractivity contribution is -0.137. The Kier molecular flexibility index (Phi) is 5.15. The first-order chi connectivity index (χ1) is 12.3. The van der Waals surface area contributed by atoms with Crippen molar-refractivity contribution in [1.82, 2.24) is 4.98 Å². The lowest BCUT2D eigenvalue weighted by Crippen LogP contribution is -2.33. The number of aromatic nitrogens is 1. The molecule has 1 aromatic carbocycles. The predicted molar refractivity (Wildman–Crippen MR) is 94.2 cm³/mol. The molecule has 7 heteroatoms. The molecule has 1 aliphatic rings. The zero-order valence-corrected chi connectivity index (χ0v) is 14.4. The second kappa shape index (κ2) is 7.35. The number of alkyl halides is 3. The number of anilines is 2. The molecule has 1 saturated heterocycles. The molecule has 2 heterocycles. The van der Waals surface area contributed by atoms with Crippen molar-refractivity contribution in [2.45, 2.75) is 25.9 Å². The molecule has 0 radical (unpaired) electrons. The average Bonchev–Trinajstić information content (AvgIpc) is 2.62. The molecule has 1 aromatic heterocycles. The number of carbonyl (C=O) groups is 1. The first kappa shape index (κ1) is 18.2. The summed E-state index contributed by atoms with van der Waals surface area (Å²) in [6, 6.07) is 6.13. The number of hydrogen-bond donors (Lipinski definition) is 1. The third kappa shape index (κ3) is 4.33. The third-order valence-corrected chi connectivity index (χ3v) is 4.60. The summed E-state index contributed by atoms with van der Waals surface area (Å²) in [7, 11) is 0. The Morgan fingerprint density at radius 1 is 1.15 bits per heavy atom. The minimum absolute atomic E-state index is 0.306. The van der Waals surface area contributed by atoms with Gasteiger partial charge in [-0.2, -0.15) is 13.2 Å². The maximum atomic E-state index is 12.6. The van der Waals surface area contributed by atoms with Gasteiger partial charge in [-0.1, -0.05) is 6.92 Å². The SMILES string of the molecule is CC1CCN(c2cncc(C(=O)Nc3ccc(C(F)(F)F)cc3)c2)CC1. The Morgan fingerprint density at radius 2 is 1.81 bits per heavy atom. The number of pyridine rings is 1. The largest absolute Gasteiger partial charge is 0.416 e. The summed E-state index contributed by atoms with van der Waals surface area (Å²) in [6.07, 6.45) is 0.983. The molecule has 3 rings (SSSR count). The van der Waals surface area contributed by atoms with Crippen molar-refractivity contribution in [3.05, 3.63) is 53.9 Å². The van der Waals surface area contributed by atoms with Gasteiger partial charge in [-0.3, -0.25) is 9.78 Å². The fourth-order valence-corrected chi connectivity index (χ4v) is 2.94. The summed E-state index contributed by atoms with van der Waals surface area (Å²) in [6.45, 7) is 4.07. The molecular formula is C19H20F3N3O. The van der Waals surface area contributed by atoms with E-state index in [9.17, 15) is 18.0 Å². The number of piperidine rings is 1. The van der Waals surface area contributed by atoms with Crippen LogP contribution in [0.25, 0.3) is 0 Å². The van der Waals surface area contributed by atoms with E-state index in [0.717, 1.165) is 43.8 Å². The highest BCUT2D eigenvalue weighted by Crippen LogP contribution is 2.30. The number of benzene rings is 1. The summed E-state index contributed by atoms with van der Waals surface area (Å²) in [5.74, 6) is 0.301. The second-order valence-electron chi connectivity index (χ2n) is 6.63. The minimum Gasteiger partial charge on any atom is -0.370 e. The summed E-state index contributed by atoms with van der Waals surface area (Å²) in [4.78, 5) is 18.7. The molecule has 0 bridgehead atoms. The maximum Gasteiger partial charge on any atom is 0.416 e. The van der Waals surface area contributed by atoms with Crippen LogP contribution in [0.4, 0.5) is 24.5 Å². The van der Waals surface area contributed by atoms with Crippen LogP contribution in [-0.2, 0) is 6.18 Å². The van der Waals surface area contributed by atoms with Crippen LogP contribution in [0.5, 0.6) is 0 Å². The van der Waals surface area contributed by atoms with Crippen LogP contribution in [0, 0.1) is 5.92 Å². The molecule has 4 nitrogen and oxygen atoms in total. The molecule has 0 unspecified atom stereocenters. The molecule has 1 fully saturated rings. The van der Waals surface area contributed by atoms with E-state index in [1.165, 1.54) is 18.3 Å². The molecule has 1 amide bonds. The number of hydrogen-bond acceptors (Lipinski definition) is 3. The van der Waals surface area contributed by atoms with E-state index in [-0.39, 0.29) is 0 Å². The van der Waals surface area contributed by atoms with Crippen LogP contribution < -0.4 is 10.2 Å². The van der Waals surface area contributed by atoms with Crippen molar-refractivity contribution >= 4 is 17.3 Å². The number of nitrogens with zero attached hydrogens (tertiary/aromatic N) is 2. The first-order valence-electron chi connectivity index (χ1n) is 8.51. The van der Waals surface area contributed by atoms with Crippen LogP contribution in [-0.4, -0.2) is 24.0 Å². The van der Waals surface area contributed by atoms with E-state index >= 15 is 0 Å².